The zero-order valence-corrected chi connectivity index (χ0v) is 21.6. The molecule has 3 heterocycles. The third-order valence-electron chi connectivity index (χ3n) is 5.68. The fraction of sp³-hybridized carbons (Fsp3) is 0.320. The Morgan fingerprint density at radius 3 is 2.78 bits per heavy atom. The molecule has 1 aliphatic heterocycles. The summed E-state index contributed by atoms with van der Waals surface area (Å²) < 4.78 is 6.21. The van der Waals surface area contributed by atoms with Crippen molar-refractivity contribution in [3.05, 3.63) is 59.5 Å². The lowest BCUT2D eigenvalue weighted by Crippen LogP contribution is -2.45. The van der Waals surface area contributed by atoms with Crippen LogP contribution in [0.25, 0.3) is 10.9 Å². The molecule has 1 amide bonds. The molecular weight excluding hydrogens is 526 g/mol. The number of hydrogen-bond donors (Lipinski definition) is 2. The minimum atomic E-state index is -0.398. The lowest BCUT2D eigenvalue weighted by molar-refractivity contribution is -0.143. The second-order valence-corrected chi connectivity index (χ2v) is 9.32. The highest BCUT2D eigenvalue weighted by Crippen LogP contribution is 2.25. The van der Waals surface area contributed by atoms with Gasteiger partial charge in [-0.1, -0.05) is 28.1 Å². The molecule has 4 rings (SSSR count). The van der Waals surface area contributed by atoms with Crippen LogP contribution in [-0.4, -0.2) is 83.0 Å². The highest BCUT2D eigenvalue weighted by atomic mass is 79.9. The molecule has 2 aromatic heterocycles. The van der Waals surface area contributed by atoms with Gasteiger partial charge < -0.3 is 20.3 Å². The molecule has 3 aromatic rings. The molecule has 0 radical (unpaired) electrons. The zero-order valence-electron chi connectivity index (χ0n) is 20.0. The van der Waals surface area contributed by atoms with Gasteiger partial charge in [0.2, 0.25) is 5.91 Å². The number of nitrogens with zero attached hydrogens (tertiary/aromatic N) is 5. The molecule has 0 aliphatic carbocycles. The number of rotatable bonds is 9. The Morgan fingerprint density at radius 1 is 1.14 bits per heavy atom. The number of fused-ring (bicyclic) bond motifs is 1. The maximum atomic E-state index is 12.3. The maximum absolute atomic E-state index is 12.3. The molecule has 11 heteroatoms. The Labute approximate surface area is 217 Å². The Morgan fingerprint density at radius 2 is 1.97 bits per heavy atom. The molecule has 10 nitrogen and oxygen atoms in total. The van der Waals surface area contributed by atoms with Crippen LogP contribution in [0.4, 0.5) is 17.3 Å². The number of esters is 1. The first-order valence-electron chi connectivity index (χ1n) is 11.6. The topological polar surface area (TPSA) is 113 Å². The number of aromatic nitrogens is 3. The van der Waals surface area contributed by atoms with E-state index in [9.17, 15) is 9.59 Å². The standard InChI is InChI=1S/C25H28BrN7O3/c1-32-8-10-33(11-9-32)12-13-36-24(35)7-3-6-23(34)31-22-15-20-21(16-27-22)28-17-29-25(20)30-19-5-2-4-18(26)14-19/h2-6,14-17H,7-13H2,1H3,(H,27,31,34)(H,28,29,30)/b6-3+. The van der Waals surface area contributed by atoms with Crippen LogP contribution in [0.3, 0.4) is 0 Å². The van der Waals surface area contributed by atoms with E-state index in [4.69, 9.17) is 4.74 Å². The number of piperazine rings is 1. The quantitative estimate of drug-likeness (QED) is 0.304. The maximum Gasteiger partial charge on any atom is 0.309 e. The van der Waals surface area contributed by atoms with Crippen molar-refractivity contribution in [1.82, 2.24) is 24.8 Å². The molecule has 1 fully saturated rings. The van der Waals surface area contributed by atoms with Gasteiger partial charge >= 0.3 is 5.97 Å². The van der Waals surface area contributed by atoms with Crippen molar-refractivity contribution >= 4 is 56.0 Å². The summed E-state index contributed by atoms with van der Waals surface area (Å²) in [5, 5.41) is 6.67. The first-order valence-corrected chi connectivity index (χ1v) is 12.4. The predicted octanol–water partition coefficient (Wildman–Crippen LogP) is 3.21. The van der Waals surface area contributed by atoms with E-state index < -0.39 is 5.91 Å². The summed E-state index contributed by atoms with van der Waals surface area (Å²) in [6, 6.07) is 9.40. The number of hydrogen-bond acceptors (Lipinski definition) is 9. The number of likely N-dealkylation sites (N-methyl/N-ethyl adjacent to an activating group) is 1. The van der Waals surface area contributed by atoms with Crippen molar-refractivity contribution in [3.63, 3.8) is 0 Å². The Kier molecular flexibility index (Phi) is 8.93. The number of anilines is 3. The van der Waals surface area contributed by atoms with Gasteiger partial charge in [-0.15, -0.1) is 0 Å². The van der Waals surface area contributed by atoms with Crippen LogP contribution < -0.4 is 10.6 Å². The van der Waals surface area contributed by atoms with Crippen LogP contribution >= 0.6 is 15.9 Å². The van der Waals surface area contributed by atoms with E-state index in [2.05, 4.69) is 58.4 Å². The smallest absolute Gasteiger partial charge is 0.309 e. The SMILES string of the molecule is CN1CCN(CCOC(=O)C/C=C/C(=O)Nc2cc3c(Nc4cccc(Br)c4)ncnc3cn2)CC1. The normalized spacial score (nSPS) is 14.7. The van der Waals surface area contributed by atoms with Crippen LogP contribution in [0.5, 0.6) is 0 Å². The van der Waals surface area contributed by atoms with E-state index in [1.807, 2.05) is 24.3 Å². The van der Waals surface area contributed by atoms with Crippen molar-refractivity contribution in [2.45, 2.75) is 6.42 Å². The van der Waals surface area contributed by atoms with E-state index in [1.165, 1.54) is 18.5 Å². The van der Waals surface area contributed by atoms with Gasteiger partial charge in [-0.2, -0.15) is 0 Å². The van der Waals surface area contributed by atoms with E-state index >= 15 is 0 Å². The fourth-order valence-electron chi connectivity index (χ4n) is 3.68. The minimum Gasteiger partial charge on any atom is -0.464 e. The third kappa shape index (κ3) is 7.54. The van der Waals surface area contributed by atoms with Gasteiger partial charge in [0.1, 0.15) is 24.6 Å². The molecule has 2 N–H and O–H groups in total. The summed E-state index contributed by atoms with van der Waals surface area (Å²) in [7, 11) is 2.10. The lowest BCUT2D eigenvalue weighted by Gasteiger charge is -2.31. The molecule has 1 aromatic carbocycles. The Bertz CT molecular complexity index is 1250. The van der Waals surface area contributed by atoms with Gasteiger partial charge in [-0.05, 0) is 37.4 Å². The fourth-order valence-corrected chi connectivity index (χ4v) is 4.08. The molecule has 36 heavy (non-hydrogen) atoms. The lowest BCUT2D eigenvalue weighted by atomic mass is 10.2. The first-order chi connectivity index (χ1) is 17.5. The molecular formula is C25H28BrN7O3. The molecule has 0 bridgehead atoms. The van der Waals surface area contributed by atoms with Crippen molar-refractivity contribution in [1.29, 1.82) is 0 Å². The highest BCUT2D eigenvalue weighted by molar-refractivity contribution is 9.10. The molecule has 0 unspecified atom stereocenters. The second kappa shape index (κ2) is 12.5. The second-order valence-electron chi connectivity index (χ2n) is 8.41. The van der Waals surface area contributed by atoms with Gasteiger partial charge in [-0.3, -0.25) is 14.5 Å². The van der Waals surface area contributed by atoms with E-state index in [-0.39, 0.29) is 12.4 Å². The number of halogens is 1. The van der Waals surface area contributed by atoms with Crippen LogP contribution in [0.2, 0.25) is 0 Å². The van der Waals surface area contributed by atoms with Crippen LogP contribution in [0, 0.1) is 0 Å². The number of ether oxygens (including phenoxy) is 1. The van der Waals surface area contributed by atoms with Gasteiger partial charge in [0.25, 0.3) is 0 Å². The van der Waals surface area contributed by atoms with Crippen LogP contribution in [-0.2, 0) is 14.3 Å². The average molecular weight is 554 g/mol. The summed E-state index contributed by atoms with van der Waals surface area (Å²) >= 11 is 3.45. The monoisotopic (exact) mass is 553 g/mol. The van der Waals surface area contributed by atoms with Crippen LogP contribution in [0.15, 0.2) is 59.5 Å². The first kappa shape index (κ1) is 25.7. The largest absolute Gasteiger partial charge is 0.464 e. The summed E-state index contributed by atoms with van der Waals surface area (Å²) in [5.41, 5.74) is 1.49. The van der Waals surface area contributed by atoms with Gasteiger partial charge in [0.05, 0.1) is 18.1 Å². The van der Waals surface area contributed by atoms with Crippen molar-refractivity contribution in [3.8, 4) is 0 Å². The number of amides is 1. The van der Waals surface area contributed by atoms with E-state index in [0.29, 0.717) is 29.1 Å². The zero-order chi connectivity index (χ0) is 25.3. The predicted molar refractivity (Wildman–Crippen MR) is 142 cm³/mol. The minimum absolute atomic E-state index is 0.0237. The third-order valence-corrected chi connectivity index (χ3v) is 6.17. The number of carbonyl (C=O) groups excluding carboxylic acids is 2. The highest BCUT2D eigenvalue weighted by Gasteiger charge is 2.14. The van der Waals surface area contributed by atoms with Crippen molar-refractivity contribution < 1.29 is 14.3 Å². The summed E-state index contributed by atoms with van der Waals surface area (Å²) in [6.07, 6.45) is 5.83. The summed E-state index contributed by atoms with van der Waals surface area (Å²) in [4.78, 5) is 41.7. The van der Waals surface area contributed by atoms with Gasteiger partial charge in [-0.25, -0.2) is 15.0 Å². The molecule has 0 spiro atoms. The van der Waals surface area contributed by atoms with Crippen LogP contribution in [0.1, 0.15) is 6.42 Å². The molecule has 0 atom stereocenters. The number of carbonyl (C=O) groups is 2. The van der Waals surface area contributed by atoms with Crippen molar-refractivity contribution in [2.75, 3.05) is 57.0 Å². The van der Waals surface area contributed by atoms with Gasteiger partial charge in [0, 0.05) is 48.3 Å². The Hall–Kier alpha value is -3.41. The molecule has 1 saturated heterocycles. The number of benzene rings is 1. The Balaban J connectivity index is 1.28. The number of nitrogens with one attached hydrogen (secondary N) is 2. The summed E-state index contributed by atoms with van der Waals surface area (Å²) in [6.45, 7) is 5.07. The number of pyridine rings is 1. The molecule has 1 aliphatic rings. The van der Waals surface area contributed by atoms with Crippen molar-refractivity contribution in [2.24, 2.45) is 0 Å². The summed E-state index contributed by atoms with van der Waals surface area (Å²) in [5.74, 6) is 0.174. The van der Waals surface area contributed by atoms with E-state index in [0.717, 1.165) is 42.9 Å². The molecule has 0 saturated carbocycles. The average Bonchev–Trinajstić information content (AvgIpc) is 2.86. The molecule has 188 valence electrons. The van der Waals surface area contributed by atoms with Gasteiger partial charge in [0.15, 0.2) is 0 Å². The van der Waals surface area contributed by atoms with E-state index in [1.54, 1.807) is 12.3 Å².